The average Bonchev–Trinajstić information content (AvgIpc) is 3.68. The molecule has 0 spiro atoms. The number of aromatic nitrogens is 6. The van der Waals surface area contributed by atoms with Crippen LogP contribution in [0.2, 0.25) is 0 Å². The predicted molar refractivity (Wildman–Crippen MR) is 160 cm³/mol. The van der Waals surface area contributed by atoms with Gasteiger partial charge in [0.2, 0.25) is 5.91 Å². The van der Waals surface area contributed by atoms with Crippen LogP contribution in [-0.2, 0) is 27.9 Å². The number of hydrogen-bond donors (Lipinski definition) is 2. The molecule has 15 heteroatoms. The minimum absolute atomic E-state index is 0.0285. The molecule has 4 aliphatic heterocycles. The van der Waals surface area contributed by atoms with Gasteiger partial charge in [-0.15, -0.1) is 0 Å². The van der Waals surface area contributed by atoms with Gasteiger partial charge in [-0.05, 0) is 51.0 Å². The quantitative estimate of drug-likeness (QED) is 0.383. The van der Waals surface area contributed by atoms with E-state index in [0.29, 0.717) is 55.1 Å². The Bertz CT molecular complexity index is 1600. The maximum Gasteiger partial charge on any atom is 0.393 e. The van der Waals surface area contributed by atoms with Crippen molar-refractivity contribution in [2.45, 2.75) is 89.1 Å². The van der Waals surface area contributed by atoms with Crippen molar-refractivity contribution in [2.75, 3.05) is 31.1 Å². The number of halogens is 3. The van der Waals surface area contributed by atoms with Crippen molar-refractivity contribution >= 4 is 23.4 Å². The van der Waals surface area contributed by atoms with Crippen LogP contribution in [0, 0.1) is 17.8 Å². The van der Waals surface area contributed by atoms with Gasteiger partial charge in [0.1, 0.15) is 11.4 Å². The molecule has 1 aliphatic carbocycles. The Morgan fingerprint density at radius 3 is 2.61 bits per heavy atom. The predicted octanol–water partition coefficient (Wildman–Crippen LogP) is 3.05. The first-order chi connectivity index (χ1) is 22.0. The molecule has 8 rings (SSSR count). The van der Waals surface area contributed by atoms with Crippen LogP contribution in [0.15, 0.2) is 18.5 Å². The van der Waals surface area contributed by atoms with Crippen LogP contribution in [0.1, 0.15) is 74.2 Å². The van der Waals surface area contributed by atoms with E-state index in [2.05, 4.69) is 27.6 Å². The summed E-state index contributed by atoms with van der Waals surface area (Å²) in [7, 11) is 0. The van der Waals surface area contributed by atoms with Crippen molar-refractivity contribution in [2.24, 2.45) is 17.8 Å². The van der Waals surface area contributed by atoms with E-state index in [4.69, 9.17) is 19.8 Å². The van der Waals surface area contributed by atoms with Crippen LogP contribution in [0.4, 0.5) is 19.0 Å². The van der Waals surface area contributed by atoms with Crippen molar-refractivity contribution in [3.63, 3.8) is 0 Å². The van der Waals surface area contributed by atoms with E-state index < -0.39 is 35.9 Å². The maximum absolute atomic E-state index is 13.6. The Balaban J connectivity index is 1.22. The number of imidazole rings is 1. The molecule has 2 bridgehead atoms. The fourth-order valence-corrected chi connectivity index (χ4v) is 7.53. The number of rotatable bonds is 8. The lowest BCUT2D eigenvalue weighted by molar-refractivity contribution is -0.183. The first-order valence-corrected chi connectivity index (χ1v) is 16.3. The van der Waals surface area contributed by atoms with Gasteiger partial charge < -0.3 is 20.3 Å². The fourth-order valence-electron chi connectivity index (χ4n) is 7.53. The molecule has 12 nitrogen and oxygen atoms in total. The van der Waals surface area contributed by atoms with E-state index in [0.717, 1.165) is 37.8 Å². The van der Waals surface area contributed by atoms with Gasteiger partial charge in [0.05, 0.1) is 30.0 Å². The first-order valence-electron chi connectivity index (χ1n) is 16.3. The summed E-state index contributed by atoms with van der Waals surface area (Å²) in [5.74, 6) is -1.63. The Morgan fingerprint density at radius 1 is 1.17 bits per heavy atom. The molecule has 2 amide bonds. The minimum atomic E-state index is -4.40. The van der Waals surface area contributed by atoms with Crippen LogP contribution < -0.4 is 15.5 Å². The van der Waals surface area contributed by atoms with E-state index >= 15 is 0 Å². The number of piperidine rings is 2. The molecule has 4 atom stereocenters. The second kappa shape index (κ2) is 11.8. The summed E-state index contributed by atoms with van der Waals surface area (Å²) >= 11 is 0. The largest absolute Gasteiger partial charge is 0.393 e. The van der Waals surface area contributed by atoms with Gasteiger partial charge in [-0.3, -0.25) is 14.3 Å². The lowest BCUT2D eigenvalue weighted by Crippen LogP contribution is -2.57. The standard InChI is InChI=1S/C31H40F3N9O3/c1-3-42-24(6-9-37-42)28(45)36-17-30(7-4-18(2)5-8-30)25-16-43-29(38-25)39-26(41-14-21-12-22(15-41)46-21)23(40-43)11-19-10-20(31(32,33)34)13-35-27(19)44/h6,9,16,18-22H,3-5,7-8,10-15,17H2,1-2H3,(H,35,44)(H,36,45)/t18?,19-,20-,21?,22?,30?/m1/s1. The number of carbonyl (C=O) groups excluding carboxylic acids is 2. The van der Waals surface area contributed by atoms with Gasteiger partial charge in [0, 0.05) is 63.1 Å². The maximum atomic E-state index is 13.6. The third-order valence-corrected chi connectivity index (χ3v) is 10.4. The molecular weight excluding hydrogens is 603 g/mol. The number of nitrogens with one attached hydrogen (secondary N) is 2. The highest BCUT2D eigenvalue weighted by molar-refractivity contribution is 5.92. The lowest BCUT2D eigenvalue weighted by Gasteiger charge is -2.47. The first kappa shape index (κ1) is 30.9. The van der Waals surface area contributed by atoms with Crippen molar-refractivity contribution in [3.8, 4) is 0 Å². The molecule has 3 aromatic heterocycles. The number of ether oxygens (including phenoxy) is 1. The summed E-state index contributed by atoms with van der Waals surface area (Å²) in [4.78, 5) is 38.0. The van der Waals surface area contributed by atoms with E-state index in [1.807, 2.05) is 13.1 Å². The average molecular weight is 644 g/mol. The highest BCUT2D eigenvalue weighted by atomic mass is 19.4. The highest BCUT2D eigenvalue weighted by Gasteiger charge is 2.46. The van der Waals surface area contributed by atoms with Crippen LogP contribution in [0.3, 0.4) is 0 Å². The fraction of sp³-hybridized carbons (Fsp3) is 0.677. The molecule has 46 heavy (non-hydrogen) atoms. The number of amides is 2. The van der Waals surface area contributed by atoms with Crippen LogP contribution in [0.5, 0.6) is 0 Å². The summed E-state index contributed by atoms with van der Waals surface area (Å²) in [5, 5.41) is 14.7. The monoisotopic (exact) mass is 643 g/mol. The number of aryl methyl sites for hydroxylation is 1. The van der Waals surface area contributed by atoms with Crippen molar-refractivity contribution in [1.29, 1.82) is 0 Å². The highest BCUT2D eigenvalue weighted by Crippen LogP contribution is 2.41. The topological polar surface area (TPSA) is 132 Å². The molecule has 248 valence electrons. The molecule has 2 unspecified atom stereocenters. The summed E-state index contributed by atoms with van der Waals surface area (Å²) in [6.07, 6.45) is 3.46. The third kappa shape index (κ3) is 5.82. The molecule has 3 aromatic rings. The zero-order valence-corrected chi connectivity index (χ0v) is 26.1. The minimum Gasteiger partial charge on any atom is -0.371 e. The van der Waals surface area contributed by atoms with Gasteiger partial charge in [-0.1, -0.05) is 6.92 Å². The van der Waals surface area contributed by atoms with E-state index in [1.165, 1.54) is 0 Å². The molecule has 0 aromatic carbocycles. The smallest absolute Gasteiger partial charge is 0.371 e. The van der Waals surface area contributed by atoms with Gasteiger partial charge in [0.25, 0.3) is 11.7 Å². The third-order valence-electron chi connectivity index (χ3n) is 10.4. The molecule has 2 N–H and O–H groups in total. The molecule has 0 radical (unpaired) electrons. The van der Waals surface area contributed by atoms with Crippen molar-refractivity contribution < 1.29 is 27.5 Å². The molecule has 1 saturated carbocycles. The molecule has 5 fully saturated rings. The van der Waals surface area contributed by atoms with Crippen molar-refractivity contribution in [3.05, 3.63) is 35.5 Å². The van der Waals surface area contributed by atoms with E-state index in [1.54, 1.807) is 21.5 Å². The number of morpholine rings is 1. The number of alkyl halides is 3. The van der Waals surface area contributed by atoms with E-state index in [9.17, 15) is 22.8 Å². The number of carbonyl (C=O) groups is 2. The van der Waals surface area contributed by atoms with Crippen LogP contribution >= 0.6 is 0 Å². The van der Waals surface area contributed by atoms with E-state index in [-0.39, 0.29) is 31.0 Å². The van der Waals surface area contributed by atoms with Crippen LogP contribution in [0.25, 0.3) is 5.78 Å². The zero-order chi connectivity index (χ0) is 32.2. The summed E-state index contributed by atoms with van der Waals surface area (Å²) in [5.41, 5.74) is 1.29. The molecule has 7 heterocycles. The van der Waals surface area contributed by atoms with Gasteiger partial charge >= 0.3 is 6.18 Å². The SMILES string of the molecule is CCn1nccc1C(=O)NCC1(c2cn3nc(C[C@H]4C[C@@H](C(F)(F)F)CNC4=O)c(N4CC5CC(C4)O5)nc3n2)CCC(C)CC1. The lowest BCUT2D eigenvalue weighted by atomic mass is 9.69. The zero-order valence-electron chi connectivity index (χ0n) is 26.1. The van der Waals surface area contributed by atoms with Gasteiger partial charge in [-0.25, -0.2) is 9.50 Å². The number of hydrogen-bond acceptors (Lipinski definition) is 8. The number of anilines is 1. The second-order valence-corrected chi connectivity index (χ2v) is 13.6. The summed E-state index contributed by atoms with van der Waals surface area (Å²) in [6, 6.07) is 1.70. The Morgan fingerprint density at radius 2 is 1.91 bits per heavy atom. The number of fused-ring (bicyclic) bond motifs is 3. The Kier molecular flexibility index (Phi) is 7.92. The van der Waals surface area contributed by atoms with Gasteiger partial charge in [0.15, 0.2) is 5.82 Å². The van der Waals surface area contributed by atoms with Crippen LogP contribution in [-0.4, -0.2) is 85.7 Å². The Labute approximate surface area is 264 Å². The van der Waals surface area contributed by atoms with Gasteiger partial charge in [-0.2, -0.15) is 28.4 Å². The molecular formula is C31H40F3N9O3. The molecule has 4 saturated heterocycles. The Hall–Kier alpha value is -3.75. The summed E-state index contributed by atoms with van der Waals surface area (Å²) < 4.78 is 50.0. The van der Waals surface area contributed by atoms with Crippen molar-refractivity contribution in [1.82, 2.24) is 40.0 Å². The second-order valence-electron chi connectivity index (χ2n) is 13.6. The normalized spacial score (nSPS) is 29.8. The molecule has 5 aliphatic rings. The number of nitrogens with zero attached hydrogens (tertiary/aromatic N) is 7. The summed E-state index contributed by atoms with van der Waals surface area (Å²) in [6.45, 7) is 5.89.